The highest BCUT2D eigenvalue weighted by atomic mass is 16.5. The largest absolute Gasteiger partial charge is 0.465 e. The number of hydrogen-bond acceptors (Lipinski definition) is 3. The second kappa shape index (κ2) is 4.75. The number of rotatable bonds is 3. The molecule has 1 aliphatic heterocycles. The van der Waals surface area contributed by atoms with Gasteiger partial charge >= 0.3 is 5.97 Å². The van der Waals surface area contributed by atoms with Gasteiger partial charge in [0.05, 0.1) is 40.3 Å². The highest BCUT2D eigenvalue weighted by Gasteiger charge is 2.25. The number of hydrogen-bond donors (Lipinski definition) is 0. The fourth-order valence-electron chi connectivity index (χ4n) is 1.60. The maximum Gasteiger partial charge on any atom is 0.320 e. The summed E-state index contributed by atoms with van der Waals surface area (Å²) in [6, 6.07) is 0. The molecule has 0 unspecified atom stereocenters. The van der Waals surface area contributed by atoms with E-state index in [2.05, 4.69) is 19.0 Å². The van der Waals surface area contributed by atoms with Gasteiger partial charge < -0.3 is 9.22 Å². The summed E-state index contributed by atoms with van der Waals surface area (Å²) in [5, 5.41) is 0. The molecule has 1 heterocycles. The van der Waals surface area contributed by atoms with Crippen LogP contribution in [0.1, 0.15) is 6.92 Å². The molecule has 0 saturated carbocycles. The summed E-state index contributed by atoms with van der Waals surface area (Å²) in [7, 11) is 4.45. The third kappa shape index (κ3) is 3.64. The lowest BCUT2D eigenvalue weighted by atomic mass is 10.3. The van der Waals surface area contributed by atoms with Gasteiger partial charge in [-0.1, -0.05) is 0 Å². The van der Waals surface area contributed by atoms with E-state index in [1.54, 1.807) is 0 Å². The molecule has 0 aromatic rings. The summed E-state index contributed by atoms with van der Waals surface area (Å²) in [4.78, 5) is 13.4. The van der Waals surface area contributed by atoms with Crippen molar-refractivity contribution in [3.63, 3.8) is 0 Å². The average Bonchev–Trinajstić information content (AvgIpc) is 2.09. The van der Waals surface area contributed by atoms with E-state index in [0.717, 1.165) is 30.7 Å². The van der Waals surface area contributed by atoms with Crippen molar-refractivity contribution in [2.75, 3.05) is 53.4 Å². The molecule has 0 spiro atoms. The van der Waals surface area contributed by atoms with Crippen molar-refractivity contribution in [1.82, 2.24) is 4.90 Å². The highest BCUT2D eigenvalue weighted by molar-refractivity contribution is 5.71. The van der Waals surface area contributed by atoms with E-state index >= 15 is 0 Å². The molecule has 0 aromatic heterocycles. The number of piperazine rings is 1. The second-order valence-electron chi connectivity index (χ2n) is 4.46. The van der Waals surface area contributed by atoms with Crippen LogP contribution < -0.4 is 0 Å². The van der Waals surface area contributed by atoms with Crippen LogP contribution >= 0.6 is 0 Å². The Morgan fingerprint density at radius 1 is 1.36 bits per heavy atom. The minimum Gasteiger partial charge on any atom is -0.465 e. The van der Waals surface area contributed by atoms with Crippen molar-refractivity contribution >= 4 is 5.97 Å². The average molecular weight is 201 g/mol. The van der Waals surface area contributed by atoms with Crippen molar-refractivity contribution in [2.45, 2.75) is 6.92 Å². The number of carbonyl (C=O) groups excluding carboxylic acids is 1. The van der Waals surface area contributed by atoms with E-state index in [4.69, 9.17) is 4.74 Å². The molecule has 0 aliphatic carbocycles. The van der Waals surface area contributed by atoms with Crippen LogP contribution in [0.4, 0.5) is 0 Å². The van der Waals surface area contributed by atoms with E-state index in [-0.39, 0.29) is 5.97 Å². The molecule has 4 nitrogen and oxygen atoms in total. The number of likely N-dealkylation sites (N-methyl/N-ethyl adjacent to an activating group) is 1. The van der Waals surface area contributed by atoms with Crippen LogP contribution in [-0.2, 0) is 9.53 Å². The standard InChI is InChI=1S/C10H21N2O2/c1-4-14-10(13)9-11-5-7-12(2,3)8-6-11/h4-9H2,1-3H3/q+1. The monoisotopic (exact) mass is 201 g/mol. The van der Waals surface area contributed by atoms with Crippen molar-refractivity contribution < 1.29 is 14.0 Å². The lowest BCUT2D eigenvalue weighted by Crippen LogP contribution is -2.55. The van der Waals surface area contributed by atoms with Gasteiger partial charge in [0.1, 0.15) is 0 Å². The predicted octanol–water partition coefficient (Wildman–Crippen LogP) is -0.0585. The van der Waals surface area contributed by atoms with E-state index < -0.39 is 0 Å². The lowest BCUT2D eigenvalue weighted by Gasteiger charge is -2.38. The van der Waals surface area contributed by atoms with Gasteiger partial charge in [-0.3, -0.25) is 9.69 Å². The first-order chi connectivity index (χ1) is 6.53. The summed E-state index contributed by atoms with van der Waals surface area (Å²) in [6.07, 6.45) is 0. The SMILES string of the molecule is CCOC(=O)CN1CC[N+](C)(C)CC1. The van der Waals surface area contributed by atoms with Gasteiger partial charge in [0, 0.05) is 13.1 Å². The van der Waals surface area contributed by atoms with Crippen LogP contribution in [0.15, 0.2) is 0 Å². The van der Waals surface area contributed by atoms with Crippen LogP contribution in [0.2, 0.25) is 0 Å². The molecule has 14 heavy (non-hydrogen) atoms. The Morgan fingerprint density at radius 3 is 2.43 bits per heavy atom. The molecule has 1 rings (SSSR count). The Morgan fingerprint density at radius 2 is 1.93 bits per heavy atom. The minimum absolute atomic E-state index is 0.0975. The molecular weight excluding hydrogens is 180 g/mol. The first-order valence-electron chi connectivity index (χ1n) is 5.23. The Bertz CT molecular complexity index is 194. The zero-order valence-corrected chi connectivity index (χ0v) is 9.45. The van der Waals surface area contributed by atoms with Gasteiger partial charge in [-0.05, 0) is 6.92 Å². The van der Waals surface area contributed by atoms with E-state index in [9.17, 15) is 4.79 Å². The van der Waals surface area contributed by atoms with Crippen molar-refractivity contribution in [3.8, 4) is 0 Å². The molecule has 1 saturated heterocycles. The van der Waals surface area contributed by atoms with Crippen LogP contribution in [0.3, 0.4) is 0 Å². The summed E-state index contributed by atoms with van der Waals surface area (Å²) in [6.45, 7) is 6.98. The molecular formula is C10H21N2O2+. The van der Waals surface area contributed by atoms with Crippen LogP contribution in [0, 0.1) is 0 Å². The fraction of sp³-hybridized carbons (Fsp3) is 0.900. The van der Waals surface area contributed by atoms with Crippen LogP contribution in [-0.4, -0.2) is 68.8 Å². The topological polar surface area (TPSA) is 29.5 Å². The maximum atomic E-state index is 11.2. The van der Waals surface area contributed by atoms with Gasteiger partial charge in [-0.25, -0.2) is 0 Å². The number of esters is 1. The summed E-state index contributed by atoms with van der Waals surface area (Å²) >= 11 is 0. The maximum absolute atomic E-state index is 11.2. The molecule has 0 N–H and O–H groups in total. The fourth-order valence-corrected chi connectivity index (χ4v) is 1.60. The van der Waals surface area contributed by atoms with Gasteiger partial charge in [0.25, 0.3) is 0 Å². The van der Waals surface area contributed by atoms with E-state index in [1.807, 2.05) is 6.92 Å². The zero-order valence-electron chi connectivity index (χ0n) is 9.45. The number of quaternary nitrogens is 1. The summed E-state index contributed by atoms with van der Waals surface area (Å²) in [5.74, 6) is -0.0975. The molecule has 0 atom stereocenters. The Balaban J connectivity index is 2.25. The van der Waals surface area contributed by atoms with Gasteiger partial charge in [-0.2, -0.15) is 0 Å². The van der Waals surface area contributed by atoms with Gasteiger partial charge in [0.2, 0.25) is 0 Å². The third-order valence-corrected chi connectivity index (χ3v) is 2.70. The smallest absolute Gasteiger partial charge is 0.320 e. The van der Waals surface area contributed by atoms with Gasteiger partial charge in [-0.15, -0.1) is 0 Å². The van der Waals surface area contributed by atoms with Crippen molar-refractivity contribution in [3.05, 3.63) is 0 Å². The molecule has 0 aromatic carbocycles. The first-order valence-corrected chi connectivity index (χ1v) is 5.23. The van der Waals surface area contributed by atoms with Crippen molar-refractivity contribution in [1.29, 1.82) is 0 Å². The molecule has 0 amide bonds. The normalized spacial score (nSPS) is 21.9. The molecule has 0 bridgehead atoms. The minimum atomic E-state index is -0.0975. The number of ether oxygens (including phenoxy) is 1. The highest BCUT2D eigenvalue weighted by Crippen LogP contribution is 2.05. The molecule has 4 heteroatoms. The quantitative estimate of drug-likeness (QED) is 0.473. The predicted molar refractivity (Wildman–Crippen MR) is 54.9 cm³/mol. The second-order valence-corrected chi connectivity index (χ2v) is 4.46. The molecule has 0 radical (unpaired) electrons. The van der Waals surface area contributed by atoms with E-state index in [0.29, 0.717) is 13.2 Å². The summed E-state index contributed by atoms with van der Waals surface area (Å²) in [5.41, 5.74) is 0. The molecule has 1 aliphatic rings. The zero-order chi connectivity index (χ0) is 10.6. The number of nitrogens with zero attached hydrogens (tertiary/aromatic N) is 2. The lowest BCUT2D eigenvalue weighted by molar-refractivity contribution is -0.894. The van der Waals surface area contributed by atoms with E-state index in [1.165, 1.54) is 0 Å². The molecule has 1 fully saturated rings. The Labute approximate surface area is 86.0 Å². The molecule has 82 valence electrons. The Hall–Kier alpha value is -0.610. The third-order valence-electron chi connectivity index (χ3n) is 2.70. The first kappa shape index (κ1) is 11.5. The number of carbonyl (C=O) groups is 1. The Kier molecular flexibility index (Phi) is 3.89. The van der Waals surface area contributed by atoms with Crippen LogP contribution in [0.25, 0.3) is 0 Å². The van der Waals surface area contributed by atoms with Crippen molar-refractivity contribution in [2.24, 2.45) is 0 Å². The van der Waals surface area contributed by atoms with Crippen LogP contribution in [0.5, 0.6) is 0 Å². The van der Waals surface area contributed by atoms with Gasteiger partial charge in [0.15, 0.2) is 0 Å². The summed E-state index contributed by atoms with van der Waals surface area (Å²) < 4.78 is 5.97.